The van der Waals surface area contributed by atoms with Gasteiger partial charge in [0.15, 0.2) is 5.17 Å². The molecule has 0 spiro atoms. The number of para-hydroxylation sites is 1. The topological polar surface area (TPSA) is 114 Å². The summed E-state index contributed by atoms with van der Waals surface area (Å²) in [6.07, 6.45) is -0.0265. The van der Waals surface area contributed by atoms with E-state index >= 15 is 0 Å². The molecule has 1 atom stereocenters. The van der Waals surface area contributed by atoms with Crippen LogP contribution >= 0.6 is 11.8 Å². The number of amidine groups is 1. The molecular weight excluding hydrogens is 356 g/mol. The number of nitro groups is 1. The molecule has 0 aromatic heterocycles. The standard InChI is InChI=1S/C17H14N4O4S/c22-15(18-12-6-8-13(9-7-12)21(24)25)10-14-16(23)20-17(26-14)19-11-4-2-1-3-5-11/h1-9,14H,10H2,(H,18,22)(H,19,20,23). The number of carbonyl (C=O) groups is 2. The van der Waals surface area contributed by atoms with Crippen LogP contribution in [0.25, 0.3) is 0 Å². The van der Waals surface area contributed by atoms with Crippen LogP contribution in [0, 0.1) is 10.1 Å². The van der Waals surface area contributed by atoms with Crippen molar-refractivity contribution in [3.63, 3.8) is 0 Å². The molecule has 0 bridgehead atoms. The monoisotopic (exact) mass is 370 g/mol. The van der Waals surface area contributed by atoms with Gasteiger partial charge in [0.2, 0.25) is 11.8 Å². The summed E-state index contributed by atoms with van der Waals surface area (Å²) in [7, 11) is 0. The fourth-order valence-corrected chi connectivity index (χ4v) is 3.25. The molecule has 2 amide bonds. The van der Waals surface area contributed by atoms with E-state index in [4.69, 9.17) is 0 Å². The number of nitro benzene ring substituents is 1. The van der Waals surface area contributed by atoms with Crippen molar-refractivity contribution in [1.82, 2.24) is 5.32 Å². The van der Waals surface area contributed by atoms with Crippen LogP contribution in [-0.2, 0) is 9.59 Å². The molecule has 1 fully saturated rings. The first-order valence-electron chi connectivity index (χ1n) is 7.67. The van der Waals surface area contributed by atoms with Crippen molar-refractivity contribution in [1.29, 1.82) is 0 Å². The van der Waals surface area contributed by atoms with Crippen LogP contribution < -0.4 is 10.6 Å². The van der Waals surface area contributed by atoms with E-state index in [1.165, 1.54) is 36.0 Å². The molecule has 26 heavy (non-hydrogen) atoms. The largest absolute Gasteiger partial charge is 0.326 e. The maximum absolute atomic E-state index is 12.1. The van der Waals surface area contributed by atoms with Crippen LogP contribution in [0.3, 0.4) is 0 Å². The number of hydrogen-bond donors (Lipinski definition) is 2. The molecule has 1 aliphatic heterocycles. The van der Waals surface area contributed by atoms with Gasteiger partial charge in [0, 0.05) is 24.2 Å². The van der Waals surface area contributed by atoms with Crippen molar-refractivity contribution in [3.05, 3.63) is 64.7 Å². The molecule has 0 saturated carbocycles. The molecule has 2 N–H and O–H groups in total. The van der Waals surface area contributed by atoms with E-state index < -0.39 is 10.2 Å². The van der Waals surface area contributed by atoms with Crippen LogP contribution in [0.4, 0.5) is 17.1 Å². The molecule has 1 heterocycles. The summed E-state index contributed by atoms with van der Waals surface area (Å²) in [5, 5.41) is 15.8. The lowest BCUT2D eigenvalue weighted by atomic mass is 10.2. The van der Waals surface area contributed by atoms with Crippen molar-refractivity contribution < 1.29 is 14.5 Å². The van der Waals surface area contributed by atoms with E-state index in [9.17, 15) is 19.7 Å². The first-order chi connectivity index (χ1) is 12.5. The van der Waals surface area contributed by atoms with Gasteiger partial charge < -0.3 is 10.6 Å². The number of nitrogens with zero attached hydrogens (tertiary/aromatic N) is 2. The molecule has 8 nitrogen and oxygen atoms in total. The van der Waals surface area contributed by atoms with Gasteiger partial charge in [0.05, 0.1) is 10.6 Å². The molecular formula is C17H14N4O4S. The maximum atomic E-state index is 12.1. The summed E-state index contributed by atoms with van der Waals surface area (Å²) < 4.78 is 0. The van der Waals surface area contributed by atoms with E-state index in [0.717, 1.165) is 0 Å². The number of carbonyl (C=O) groups excluding carboxylic acids is 2. The second-order valence-corrected chi connectivity index (χ2v) is 6.60. The Kier molecular flexibility index (Phi) is 5.28. The van der Waals surface area contributed by atoms with Gasteiger partial charge in [-0.2, -0.15) is 0 Å². The molecule has 1 aliphatic rings. The van der Waals surface area contributed by atoms with Gasteiger partial charge >= 0.3 is 0 Å². The molecule has 1 unspecified atom stereocenters. The first-order valence-corrected chi connectivity index (χ1v) is 8.55. The summed E-state index contributed by atoms with van der Waals surface area (Å²) in [6.45, 7) is 0. The Morgan fingerprint density at radius 1 is 1.19 bits per heavy atom. The third-order valence-electron chi connectivity index (χ3n) is 3.50. The number of rotatable bonds is 5. The molecule has 9 heteroatoms. The maximum Gasteiger partial charge on any atom is 0.269 e. The van der Waals surface area contributed by atoms with Gasteiger partial charge in [-0.05, 0) is 24.3 Å². The summed E-state index contributed by atoms with van der Waals surface area (Å²) in [6, 6.07) is 14.7. The zero-order valence-corrected chi connectivity index (χ0v) is 14.2. The van der Waals surface area contributed by atoms with Crippen molar-refractivity contribution in [2.24, 2.45) is 4.99 Å². The average molecular weight is 370 g/mol. The van der Waals surface area contributed by atoms with Gasteiger partial charge in [0.25, 0.3) is 5.69 Å². The fraction of sp³-hybridized carbons (Fsp3) is 0.118. The van der Waals surface area contributed by atoms with Crippen molar-refractivity contribution in [2.75, 3.05) is 5.32 Å². The van der Waals surface area contributed by atoms with Crippen LogP contribution in [0.1, 0.15) is 6.42 Å². The zero-order valence-electron chi connectivity index (χ0n) is 13.4. The number of amides is 2. The van der Waals surface area contributed by atoms with E-state index in [1.807, 2.05) is 30.3 Å². The highest BCUT2D eigenvalue weighted by atomic mass is 32.2. The predicted molar refractivity (Wildman–Crippen MR) is 99.4 cm³/mol. The second-order valence-electron chi connectivity index (χ2n) is 5.40. The third-order valence-corrected chi connectivity index (χ3v) is 4.58. The minimum absolute atomic E-state index is 0.0265. The van der Waals surface area contributed by atoms with Gasteiger partial charge in [-0.15, -0.1) is 0 Å². The number of nitrogens with one attached hydrogen (secondary N) is 2. The van der Waals surface area contributed by atoms with E-state index in [0.29, 0.717) is 16.5 Å². The highest BCUT2D eigenvalue weighted by Gasteiger charge is 2.32. The highest BCUT2D eigenvalue weighted by molar-refractivity contribution is 8.15. The van der Waals surface area contributed by atoms with Crippen LogP contribution in [0.2, 0.25) is 0 Å². The molecule has 3 rings (SSSR count). The molecule has 1 saturated heterocycles. The Balaban J connectivity index is 1.58. The Labute approximate surface area is 152 Å². The lowest BCUT2D eigenvalue weighted by molar-refractivity contribution is -0.384. The van der Waals surface area contributed by atoms with E-state index in [-0.39, 0.29) is 23.9 Å². The number of non-ortho nitro benzene ring substituents is 1. The molecule has 0 aliphatic carbocycles. The van der Waals surface area contributed by atoms with Crippen molar-refractivity contribution in [2.45, 2.75) is 11.7 Å². The lowest BCUT2D eigenvalue weighted by Gasteiger charge is -2.07. The highest BCUT2D eigenvalue weighted by Crippen LogP contribution is 2.25. The van der Waals surface area contributed by atoms with Crippen LogP contribution in [0.15, 0.2) is 59.6 Å². The summed E-state index contributed by atoms with van der Waals surface area (Å²) in [5.74, 6) is -0.629. The SMILES string of the molecule is O=C(CC1SC(=Nc2ccccc2)NC1=O)Nc1ccc([N+](=O)[O-])cc1. The number of anilines is 1. The quantitative estimate of drug-likeness (QED) is 0.620. The Morgan fingerprint density at radius 3 is 2.54 bits per heavy atom. The van der Waals surface area contributed by atoms with Crippen molar-refractivity contribution >= 4 is 45.8 Å². The Hall–Kier alpha value is -3.20. The van der Waals surface area contributed by atoms with Gasteiger partial charge in [-0.1, -0.05) is 30.0 Å². The fourth-order valence-electron chi connectivity index (χ4n) is 2.26. The number of benzene rings is 2. The molecule has 0 radical (unpaired) electrons. The Bertz CT molecular complexity index is 868. The molecule has 132 valence electrons. The summed E-state index contributed by atoms with van der Waals surface area (Å²) >= 11 is 1.20. The minimum Gasteiger partial charge on any atom is -0.326 e. The van der Waals surface area contributed by atoms with Crippen LogP contribution in [0.5, 0.6) is 0 Å². The van der Waals surface area contributed by atoms with Crippen LogP contribution in [-0.4, -0.2) is 27.2 Å². The lowest BCUT2D eigenvalue weighted by Crippen LogP contribution is -2.28. The van der Waals surface area contributed by atoms with Crippen molar-refractivity contribution in [3.8, 4) is 0 Å². The number of aliphatic imine (C=N–C) groups is 1. The van der Waals surface area contributed by atoms with Gasteiger partial charge in [-0.3, -0.25) is 19.7 Å². The number of thioether (sulfide) groups is 1. The molecule has 2 aromatic rings. The normalized spacial score (nSPS) is 17.8. The minimum atomic E-state index is -0.574. The average Bonchev–Trinajstić information content (AvgIpc) is 2.95. The molecule has 2 aromatic carbocycles. The van der Waals surface area contributed by atoms with Gasteiger partial charge in [0.1, 0.15) is 5.25 Å². The van der Waals surface area contributed by atoms with E-state index in [1.54, 1.807) is 0 Å². The zero-order chi connectivity index (χ0) is 18.5. The van der Waals surface area contributed by atoms with Gasteiger partial charge in [-0.25, -0.2) is 4.99 Å². The summed E-state index contributed by atoms with van der Waals surface area (Å²) in [5.41, 5.74) is 1.09. The second kappa shape index (κ2) is 7.79. The smallest absolute Gasteiger partial charge is 0.269 e. The van der Waals surface area contributed by atoms with E-state index in [2.05, 4.69) is 15.6 Å². The third kappa shape index (κ3) is 4.45. The predicted octanol–water partition coefficient (Wildman–Crippen LogP) is 2.84. The number of hydrogen-bond acceptors (Lipinski definition) is 6. The summed E-state index contributed by atoms with van der Waals surface area (Å²) in [4.78, 5) is 38.6. The Morgan fingerprint density at radius 2 is 1.88 bits per heavy atom. The first kappa shape index (κ1) is 17.6.